The van der Waals surface area contributed by atoms with E-state index >= 15 is 0 Å². The largest absolute Gasteiger partial charge is 0.343 e. The molecule has 0 fully saturated rings. The molecule has 1 atom stereocenters. The fraction of sp³-hybridized carbons (Fsp3) is 0.727. The Kier molecular flexibility index (Phi) is 11.7. The number of aliphatic hydroxyl groups is 1. The third-order valence-corrected chi connectivity index (χ3v) is 4.82. The summed E-state index contributed by atoms with van der Waals surface area (Å²) in [5, 5.41) is 10.9. The van der Waals surface area contributed by atoms with Crippen molar-refractivity contribution in [1.29, 1.82) is 0 Å². The van der Waals surface area contributed by atoms with E-state index in [-0.39, 0.29) is 11.7 Å². The van der Waals surface area contributed by atoms with Crippen LogP contribution in [-0.2, 0) is 15.9 Å². The van der Waals surface area contributed by atoms with Crippen LogP contribution in [0.5, 0.6) is 0 Å². The first-order valence-electron chi connectivity index (χ1n) is 10.3. The molecule has 0 aliphatic carbocycles. The van der Waals surface area contributed by atoms with E-state index in [1.54, 1.807) is 12.1 Å². The molecule has 1 aromatic rings. The van der Waals surface area contributed by atoms with Gasteiger partial charge in [-0.15, -0.1) is 0 Å². The van der Waals surface area contributed by atoms with Gasteiger partial charge in [0.25, 0.3) is 5.97 Å². The van der Waals surface area contributed by atoms with Crippen LogP contribution in [0.4, 0.5) is 4.39 Å². The fourth-order valence-corrected chi connectivity index (χ4v) is 3.36. The van der Waals surface area contributed by atoms with Gasteiger partial charge in [-0.25, -0.2) is 4.39 Å². The summed E-state index contributed by atoms with van der Waals surface area (Å²) in [5.41, 5.74) is 1.06. The molecule has 1 rings (SSSR count). The second-order valence-corrected chi connectivity index (χ2v) is 6.92. The molecule has 0 aliphatic heterocycles. The lowest BCUT2D eigenvalue weighted by Crippen LogP contribution is -2.44. The van der Waals surface area contributed by atoms with Gasteiger partial charge in [-0.05, 0) is 50.8 Å². The number of halogens is 1. The zero-order valence-corrected chi connectivity index (χ0v) is 16.8. The first-order chi connectivity index (χ1) is 12.6. The van der Waals surface area contributed by atoms with Gasteiger partial charge in [0.05, 0.1) is 0 Å². The van der Waals surface area contributed by atoms with Crippen molar-refractivity contribution in [2.75, 3.05) is 13.2 Å². The first-order valence-corrected chi connectivity index (χ1v) is 10.3. The lowest BCUT2D eigenvalue weighted by Gasteiger charge is -2.35. The van der Waals surface area contributed by atoms with Gasteiger partial charge in [0, 0.05) is 19.1 Å². The zero-order chi connectivity index (χ0) is 19.3. The predicted molar refractivity (Wildman–Crippen MR) is 104 cm³/mol. The molecular formula is C22H37FO3. The predicted octanol–water partition coefficient (Wildman–Crippen LogP) is 5.84. The molecule has 0 aromatic heterocycles. The Morgan fingerprint density at radius 2 is 1.46 bits per heavy atom. The average Bonchev–Trinajstić information content (AvgIpc) is 2.62. The normalized spacial score (nSPS) is 13.1. The summed E-state index contributed by atoms with van der Waals surface area (Å²) in [4.78, 5) is 0. The van der Waals surface area contributed by atoms with Gasteiger partial charge in [-0.1, -0.05) is 57.6 Å². The molecule has 0 bridgehead atoms. The molecule has 4 heteroatoms. The number of hydrogen-bond donors (Lipinski definition) is 1. The summed E-state index contributed by atoms with van der Waals surface area (Å²) in [6.07, 6.45) is 9.65. The zero-order valence-electron chi connectivity index (χ0n) is 16.8. The molecule has 26 heavy (non-hydrogen) atoms. The van der Waals surface area contributed by atoms with Crippen molar-refractivity contribution in [2.24, 2.45) is 5.92 Å². The highest BCUT2D eigenvalue weighted by molar-refractivity contribution is 5.16. The maximum atomic E-state index is 13.1. The van der Waals surface area contributed by atoms with Crippen LogP contribution < -0.4 is 0 Å². The number of hydrogen-bond acceptors (Lipinski definition) is 3. The Labute approximate surface area is 158 Å². The minimum absolute atomic E-state index is 0.0985. The molecule has 0 saturated heterocycles. The molecule has 0 aliphatic rings. The van der Waals surface area contributed by atoms with E-state index in [9.17, 15) is 9.50 Å². The van der Waals surface area contributed by atoms with Crippen LogP contribution in [0.2, 0.25) is 0 Å². The van der Waals surface area contributed by atoms with E-state index < -0.39 is 5.97 Å². The third kappa shape index (κ3) is 8.61. The molecule has 0 amide bonds. The maximum Gasteiger partial charge on any atom is 0.283 e. The number of aryl methyl sites for hydroxylation is 1. The summed E-state index contributed by atoms with van der Waals surface area (Å²) < 4.78 is 24.3. The van der Waals surface area contributed by atoms with Crippen molar-refractivity contribution in [2.45, 2.75) is 84.5 Å². The smallest absolute Gasteiger partial charge is 0.283 e. The summed E-state index contributed by atoms with van der Waals surface area (Å²) in [5.74, 6) is -1.86. The van der Waals surface area contributed by atoms with Crippen LogP contribution in [-0.4, -0.2) is 24.3 Å². The summed E-state index contributed by atoms with van der Waals surface area (Å²) >= 11 is 0. The number of rotatable bonds is 15. The first kappa shape index (κ1) is 23.1. The van der Waals surface area contributed by atoms with Crippen LogP contribution in [0, 0.1) is 11.7 Å². The minimum Gasteiger partial charge on any atom is -0.343 e. The van der Waals surface area contributed by atoms with Crippen molar-refractivity contribution in [3.8, 4) is 0 Å². The quantitative estimate of drug-likeness (QED) is 0.312. The van der Waals surface area contributed by atoms with Crippen LogP contribution >= 0.6 is 0 Å². The highest BCUT2D eigenvalue weighted by Gasteiger charge is 2.38. The van der Waals surface area contributed by atoms with Gasteiger partial charge in [0.1, 0.15) is 5.82 Å². The Hall–Kier alpha value is -0.970. The molecule has 0 saturated carbocycles. The summed E-state index contributed by atoms with van der Waals surface area (Å²) in [7, 11) is 0. The van der Waals surface area contributed by atoms with Gasteiger partial charge in [0.15, 0.2) is 0 Å². The van der Waals surface area contributed by atoms with Crippen molar-refractivity contribution < 1.29 is 19.0 Å². The van der Waals surface area contributed by atoms with Gasteiger partial charge in [-0.3, -0.25) is 0 Å². The molecule has 1 aromatic carbocycles. The maximum absolute atomic E-state index is 13.1. The molecular weight excluding hydrogens is 331 g/mol. The highest BCUT2D eigenvalue weighted by Crippen LogP contribution is 2.31. The molecule has 150 valence electrons. The van der Waals surface area contributed by atoms with Crippen LogP contribution in [0.1, 0.15) is 77.7 Å². The van der Waals surface area contributed by atoms with Crippen LogP contribution in [0.3, 0.4) is 0 Å². The SMILES string of the molecule is CCCCCCCCC(CCc1ccc(F)cc1)C(O)(OCC)OCC. The topological polar surface area (TPSA) is 38.7 Å². The molecule has 1 unspecified atom stereocenters. The van der Waals surface area contributed by atoms with E-state index in [1.165, 1.54) is 44.2 Å². The van der Waals surface area contributed by atoms with Crippen LogP contribution in [0.25, 0.3) is 0 Å². The second-order valence-electron chi connectivity index (χ2n) is 6.92. The number of ether oxygens (including phenoxy) is 2. The summed E-state index contributed by atoms with van der Waals surface area (Å²) in [6, 6.07) is 6.57. The average molecular weight is 369 g/mol. The third-order valence-electron chi connectivity index (χ3n) is 4.82. The Morgan fingerprint density at radius 1 is 0.885 bits per heavy atom. The standard InChI is InChI=1S/C22H37FO3/c1-4-7-8-9-10-11-12-20(22(24,25-5-2)26-6-3)16-13-19-14-17-21(23)18-15-19/h14-15,17-18,20,24H,4-13,16H2,1-3H3. The van der Waals surface area contributed by atoms with Crippen LogP contribution in [0.15, 0.2) is 24.3 Å². The van der Waals surface area contributed by atoms with E-state index in [1.807, 2.05) is 13.8 Å². The Morgan fingerprint density at radius 3 is 2.04 bits per heavy atom. The van der Waals surface area contributed by atoms with Gasteiger partial charge in [-0.2, -0.15) is 0 Å². The highest BCUT2D eigenvalue weighted by atomic mass is 19.1. The molecule has 1 N–H and O–H groups in total. The fourth-order valence-electron chi connectivity index (χ4n) is 3.36. The van der Waals surface area contributed by atoms with E-state index in [4.69, 9.17) is 9.47 Å². The Balaban J connectivity index is 2.64. The van der Waals surface area contributed by atoms with Gasteiger partial charge >= 0.3 is 0 Å². The van der Waals surface area contributed by atoms with Gasteiger partial charge in [0.2, 0.25) is 0 Å². The monoisotopic (exact) mass is 368 g/mol. The summed E-state index contributed by atoms with van der Waals surface area (Å²) in [6.45, 7) is 6.76. The van der Waals surface area contributed by atoms with E-state index in [0.717, 1.165) is 31.2 Å². The number of benzene rings is 1. The van der Waals surface area contributed by atoms with E-state index in [2.05, 4.69) is 6.92 Å². The lowest BCUT2D eigenvalue weighted by atomic mass is 9.91. The molecule has 0 radical (unpaired) electrons. The van der Waals surface area contributed by atoms with Crippen molar-refractivity contribution in [1.82, 2.24) is 0 Å². The van der Waals surface area contributed by atoms with Crippen molar-refractivity contribution in [3.05, 3.63) is 35.6 Å². The van der Waals surface area contributed by atoms with Crippen molar-refractivity contribution in [3.63, 3.8) is 0 Å². The minimum atomic E-state index is -1.53. The van der Waals surface area contributed by atoms with Crippen molar-refractivity contribution >= 4 is 0 Å². The second kappa shape index (κ2) is 13.2. The Bertz CT molecular complexity index is 455. The molecule has 0 heterocycles. The number of unbranched alkanes of at least 4 members (excludes halogenated alkanes) is 5. The van der Waals surface area contributed by atoms with E-state index in [0.29, 0.717) is 13.2 Å². The molecule has 0 spiro atoms. The van der Waals surface area contributed by atoms with Gasteiger partial charge < -0.3 is 14.6 Å². The lowest BCUT2D eigenvalue weighted by molar-refractivity contribution is -0.385. The molecule has 3 nitrogen and oxygen atoms in total.